The molecule has 0 aliphatic heterocycles. The Morgan fingerprint density at radius 2 is 2.19 bits per heavy atom. The fourth-order valence-electron chi connectivity index (χ4n) is 1.45. The summed E-state index contributed by atoms with van der Waals surface area (Å²) in [7, 11) is 0. The van der Waals surface area contributed by atoms with E-state index in [1.807, 2.05) is 32.9 Å². The van der Waals surface area contributed by atoms with Crippen molar-refractivity contribution in [1.82, 2.24) is 0 Å². The smallest absolute Gasteiger partial charge is 0.122 e. The predicted molar refractivity (Wildman–Crippen MR) is 67.3 cm³/mol. The summed E-state index contributed by atoms with van der Waals surface area (Å²) in [6.07, 6.45) is 0.769. The Balaban J connectivity index is 2.63. The summed E-state index contributed by atoms with van der Waals surface area (Å²) < 4.78 is 5.63. The third-order valence-electron chi connectivity index (χ3n) is 2.39. The van der Waals surface area contributed by atoms with Crippen molar-refractivity contribution in [3.8, 4) is 17.6 Å². The zero-order valence-electron chi connectivity index (χ0n) is 10.2. The number of hydrogen-bond donors (Lipinski definition) is 1. The number of nitrogens with two attached hydrogens (primary N) is 1. The lowest BCUT2D eigenvalue weighted by molar-refractivity contribution is 0.325. The third-order valence-corrected chi connectivity index (χ3v) is 2.39. The van der Waals surface area contributed by atoms with E-state index in [0.717, 1.165) is 23.3 Å². The van der Waals surface area contributed by atoms with E-state index >= 15 is 0 Å². The minimum atomic E-state index is 0.0682. The van der Waals surface area contributed by atoms with Crippen molar-refractivity contribution in [2.75, 3.05) is 6.61 Å². The molecule has 1 rings (SSSR count). The molecular weight excluding hydrogens is 198 g/mol. The number of hydrogen-bond acceptors (Lipinski definition) is 2. The normalized spacial score (nSPS) is 11.5. The van der Waals surface area contributed by atoms with Gasteiger partial charge in [0.1, 0.15) is 5.75 Å². The molecule has 2 N–H and O–H groups in total. The summed E-state index contributed by atoms with van der Waals surface area (Å²) in [5.41, 5.74) is 8.07. The Bertz CT molecular complexity index is 399. The van der Waals surface area contributed by atoms with Crippen LogP contribution in [0.1, 0.15) is 37.4 Å². The molecule has 0 amide bonds. The monoisotopic (exact) mass is 217 g/mol. The lowest BCUT2D eigenvalue weighted by atomic mass is 10.1. The zero-order valence-corrected chi connectivity index (χ0v) is 10.2. The van der Waals surface area contributed by atoms with Gasteiger partial charge in [-0.05, 0) is 38.0 Å². The van der Waals surface area contributed by atoms with E-state index in [1.165, 1.54) is 0 Å². The van der Waals surface area contributed by atoms with E-state index in [0.29, 0.717) is 6.61 Å². The molecule has 0 aromatic heterocycles. The highest BCUT2D eigenvalue weighted by Gasteiger charge is 2.03. The molecule has 0 bridgehead atoms. The first-order valence-electron chi connectivity index (χ1n) is 5.53. The molecule has 0 radical (unpaired) electrons. The number of benzene rings is 1. The van der Waals surface area contributed by atoms with E-state index in [9.17, 15) is 0 Å². The Labute approximate surface area is 97.8 Å². The first kappa shape index (κ1) is 12.6. The maximum Gasteiger partial charge on any atom is 0.122 e. The van der Waals surface area contributed by atoms with Gasteiger partial charge in [0, 0.05) is 12.5 Å². The van der Waals surface area contributed by atoms with Gasteiger partial charge in [0.05, 0.1) is 6.61 Å². The second-order valence-electron chi connectivity index (χ2n) is 3.84. The lowest BCUT2D eigenvalue weighted by Gasteiger charge is -2.11. The summed E-state index contributed by atoms with van der Waals surface area (Å²) in [5.74, 6) is 6.74. The maximum absolute atomic E-state index is 5.81. The van der Waals surface area contributed by atoms with Crippen molar-refractivity contribution in [3.05, 3.63) is 29.3 Å². The number of aryl methyl sites for hydroxylation is 1. The molecule has 1 atom stereocenters. The van der Waals surface area contributed by atoms with Crippen LogP contribution < -0.4 is 10.5 Å². The van der Waals surface area contributed by atoms with Crippen LogP contribution in [0.2, 0.25) is 0 Å². The van der Waals surface area contributed by atoms with Gasteiger partial charge in [0.15, 0.2) is 0 Å². The van der Waals surface area contributed by atoms with Crippen LogP contribution in [0.4, 0.5) is 0 Å². The van der Waals surface area contributed by atoms with Gasteiger partial charge < -0.3 is 10.5 Å². The topological polar surface area (TPSA) is 35.2 Å². The van der Waals surface area contributed by atoms with Crippen LogP contribution in [0, 0.1) is 18.8 Å². The molecule has 86 valence electrons. The first-order valence-corrected chi connectivity index (χ1v) is 5.53. The molecule has 0 saturated carbocycles. The minimum absolute atomic E-state index is 0.0682. The largest absolute Gasteiger partial charge is 0.492 e. The van der Waals surface area contributed by atoms with Crippen molar-refractivity contribution in [2.45, 2.75) is 33.2 Å². The molecule has 0 aliphatic rings. The highest BCUT2D eigenvalue weighted by Crippen LogP contribution is 2.21. The second-order valence-corrected chi connectivity index (χ2v) is 3.84. The van der Waals surface area contributed by atoms with Crippen LogP contribution in [0.25, 0.3) is 0 Å². The second kappa shape index (κ2) is 6.19. The lowest BCUT2D eigenvalue weighted by Crippen LogP contribution is -2.05. The highest BCUT2D eigenvalue weighted by atomic mass is 16.5. The van der Waals surface area contributed by atoms with Gasteiger partial charge in [-0.3, -0.25) is 0 Å². The molecular formula is C14H19NO. The molecule has 0 spiro atoms. The molecule has 2 nitrogen and oxygen atoms in total. The van der Waals surface area contributed by atoms with Crippen molar-refractivity contribution in [2.24, 2.45) is 5.73 Å². The van der Waals surface area contributed by atoms with E-state index in [4.69, 9.17) is 10.5 Å². The molecule has 1 aromatic rings. The summed E-state index contributed by atoms with van der Waals surface area (Å²) in [4.78, 5) is 0. The molecule has 1 aromatic carbocycles. The highest BCUT2D eigenvalue weighted by molar-refractivity contribution is 5.37. The average Bonchev–Trinajstić information content (AvgIpc) is 2.26. The van der Waals surface area contributed by atoms with Crippen molar-refractivity contribution in [3.63, 3.8) is 0 Å². The Morgan fingerprint density at radius 3 is 2.75 bits per heavy atom. The van der Waals surface area contributed by atoms with Gasteiger partial charge in [0.25, 0.3) is 0 Å². The van der Waals surface area contributed by atoms with Gasteiger partial charge in [-0.1, -0.05) is 12.1 Å². The van der Waals surface area contributed by atoms with E-state index < -0.39 is 0 Å². The van der Waals surface area contributed by atoms with Gasteiger partial charge in [-0.15, -0.1) is 11.8 Å². The number of rotatable bonds is 4. The fourth-order valence-corrected chi connectivity index (χ4v) is 1.45. The molecule has 16 heavy (non-hydrogen) atoms. The van der Waals surface area contributed by atoms with Crippen LogP contribution in [-0.2, 0) is 0 Å². The van der Waals surface area contributed by atoms with Crippen molar-refractivity contribution < 1.29 is 4.74 Å². The predicted octanol–water partition coefficient (Wildman–Crippen LogP) is 2.81. The van der Waals surface area contributed by atoms with E-state index in [-0.39, 0.29) is 6.04 Å². The maximum atomic E-state index is 5.81. The van der Waals surface area contributed by atoms with Crippen molar-refractivity contribution >= 4 is 0 Å². The Kier molecular flexibility index (Phi) is 4.88. The van der Waals surface area contributed by atoms with Crippen LogP contribution in [0.3, 0.4) is 0 Å². The molecule has 2 heteroatoms. The molecule has 0 fully saturated rings. The molecule has 0 aliphatic carbocycles. The summed E-state index contributed by atoms with van der Waals surface area (Å²) >= 11 is 0. The zero-order chi connectivity index (χ0) is 12.0. The van der Waals surface area contributed by atoms with Crippen LogP contribution in [0.15, 0.2) is 18.2 Å². The Morgan fingerprint density at radius 1 is 1.44 bits per heavy atom. The first-order chi connectivity index (χ1) is 7.65. The minimum Gasteiger partial charge on any atom is -0.492 e. The third kappa shape index (κ3) is 3.60. The van der Waals surface area contributed by atoms with Crippen LogP contribution in [-0.4, -0.2) is 6.61 Å². The SMILES string of the molecule is CC#CCCOc1ccc([C@@H](C)N)cc1C. The van der Waals surface area contributed by atoms with Gasteiger partial charge in [-0.25, -0.2) is 0 Å². The quantitative estimate of drug-likeness (QED) is 0.621. The molecule has 0 heterocycles. The standard InChI is InChI=1S/C14H19NO/c1-4-5-6-9-16-14-8-7-13(12(3)15)10-11(14)2/h7-8,10,12H,6,9,15H2,1-3H3/t12-/m1/s1. The van der Waals surface area contributed by atoms with Gasteiger partial charge in [0.2, 0.25) is 0 Å². The number of ether oxygens (including phenoxy) is 1. The van der Waals surface area contributed by atoms with E-state index in [1.54, 1.807) is 0 Å². The van der Waals surface area contributed by atoms with E-state index in [2.05, 4.69) is 17.9 Å². The Hall–Kier alpha value is -1.46. The molecule has 0 unspecified atom stereocenters. The van der Waals surface area contributed by atoms with Crippen LogP contribution in [0.5, 0.6) is 5.75 Å². The summed E-state index contributed by atoms with van der Waals surface area (Å²) in [6.45, 7) is 6.49. The fraction of sp³-hybridized carbons (Fsp3) is 0.429. The van der Waals surface area contributed by atoms with Gasteiger partial charge in [-0.2, -0.15) is 0 Å². The average molecular weight is 217 g/mol. The summed E-state index contributed by atoms with van der Waals surface area (Å²) in [6, 6.07) is 6.14. The van der Waals surface area contributed by atoms with Crippen molar-refractivity contribution in [1.29, 1.82) is 0 Å². The van der Waals surface area contributed by atoms with Crippen LogP contribution >= 0.6 is 0 Å². The molecule has 0 saturated heterocycles. The summed E-state index contributed by atoms with van der Waals surface area (Å²) in [5, 5.41) is 0. The van der Waals surface area contributed by atoms with Gasteiger partial charge >= 0.3 is 0 Å².